The Hall–Kier alpha value is -0.810. The molecule has 0 saturated heterocycles. The molecular weight excluding hydrogens is 276 g/mol. The molecule has 22 heavy (non-hydrogen) atoms. The summed E-state index contributed by atoms with van der Waals surface area (Å²) < 4.78 is 5.20. The largest absolute Gasteiger partial charge is 0.383 e. The van der Waals surface area contributed by atoms with Crippen molar-refractivity contribution >= 4 is 5.96 Å². The molecule has 130 valence electrons. The molecule has 5 nitrogen and oxygen atoms in total. The molecule has 1 aliphatic carbocycles. The average molecular weight is 313 g/mol. The zero-order valence-corrected chi connectivity index (χ0v) is 15.0. The van der Waals surface area contributed by atoms with Crippen molar-refractivity contribution in [1.29, 1.82) is 0 Å². The number of nitrogens with one attached hydrogen (secondary N) is 2. The fourth-order valence-electron chi connectivity index (χ4n) is 2.48. The van der Waals surface area contributed by atoms with E-state index in [1.54, 1.807) is 7.11 Å². The van der Waals surface area contributed by atoms with Gasteiger partial charge in [-0.15, -0.1) is 0 Å². The zero-order chi connectivity index (χ0) is 16.2. The minimum Gasteiger partial charge on any atom is -0.383 e. The van der Waals surface area contributed by atoms with Gasteiger partial charge in [-0.2, -0.15) is 0 Å². The van der Waals surface area contributed by atoms with Crippen LogP contribution in [0.15, 0.2) is 4.99 Å². The van der Waals surface area contributed by atoms with E-state index in [1.807, 2.05) is 0 Å². The molecule has 0 heterocycles. The molecule has 0 aromatic rings. The predicted molar refractivity (Wildman–Crippen MR) is 94.5 cm³/mol. The highest BCUT2D eigenvalue weighted by molar-refractivity contribution is 5.79. The number of guanidine groups is 1. The van der Waals surface area contributed by atoms with E-state index in [1.165, 1.54) is 19.3 Å². The zero-order valence-electron chi connectivity index (χ0n) is 15.0. The summed E-state index contributed by atoms with van der Waals surface area (Å²) in [6.45, 7) is 12.3. The average Bonchev–Trinajstić information content (AvgIpc) is 3.31. The third kappa shape index (κ3) is 9.26. The molecule has 1 saturated carbocycles. The molecule has 1 aliphatic rings. The highest BCUT2D eigenvalue weighted by atomic mass is 16.5. The van der Waals surface area contributed by atoms with E-state index in [2.05, 4.69) is 41.3 Å². The number of nitrogens with zero attached hydrogens (tertiary/aromatic N) is 2. The number of methoxy groups -OCH3 is 1. The first-order valence-corrected chi connectivity index (χ1v) is 8.92. The van der Waals surface area contributed by atoms with Gasteiger partial charge in [0.1, 0.15) is 0 Å². The smallest absolute Gasteiger partial charge is 0.191 e. The van der Waals surface area contributed by atoms with Crippen molar-refractivity contribution in [2.24, 2.45) is 10.9 Å². The Morgan fingerprint density at radius 3 is 2.64 bits per heavy atom. The Morgan fingerprint density at radius 1 is 1.27 bits per heavy atom. The molecule has 0 atom stereocenters. The van der Waals surface area contributed by atoms with Crippen molar-refractivity contribution in [3.8, 4) is 0 Å². The highest BCUT2D eigenvalue weighted by Crippen LogP contribution is 2.25. The first kappa shape index (κ1) is 19.2. The van der Waals surface area contributed by atoms with Crippen LogP contribution in [-0.4, -0.2) is 63.3 Å². The Bertz CT molecular complexity index is 303. The monoisotopic (exact) mass is 312 g/mol. The van der Waals surface area contributed by atoms with Crippen LogP contribution in [0.5, 0.6) is 0 Å². The maximum atomic E-state index is 5.20. The molecular formula is C17H36N4O. The van der Waals surface area contributed by atoms with Crippen molar-refractivity contribution in [3.05, 3.63) is 0 Å². The van der Waals surface area contributed by atoms with E-state index in [9.17, 15) is 0 Å². The Kier molecular flexibility index (Phi) is 10.2. The van der Waals surface area contributed by atoms with Crippen molar-refractivity contribution in [2.45, 2.75) is 52.5 Å². The van der Waals surface area contributed by atoms with E-state index < -0.39 is 0 Å². The molecule has 1 fully saturated rings. The second kappa shape index (κ2) is 11.7. The van der Waals surface area contributed by atoms with Crippen molar-refractivity contribution in [1.82, 2.24) is 15.5 Å². The Morgan fingerprint density at radius 2 is 2.05 bits per heavy atom. The van der Waals surface area contributed by atoms with E-state index in [4.69, 9.17) is 4.74 Å². The van der Waals surface area contributed by atoms with Crippen LogP contribution in [0.1, 0.15) is 46.5 Å². The van der Waals surface area contributed by atoms with Crippen LogP contribution in [0, 0.1) is 5.92 Å². The predicted octanol–water partition coefficient (Wildman–Crippen LogP) is 2.09. The summed E-state index contributed by atoms with van der Waals surface area (Å²) >= 11 is 0. The lowest BCUT2D eigenvalue weighted by atomic mass is 10.1. The van der Waals surface area contributed by atoms with E-state index >= 15 is 0 Å². The van der Waals surface area contributed by atoms with Gasteiger partial charge in [-0.1, -0.05) is 13.8 Å². The van der Waals surface area contributed by atoms with Crippen molar-refractivity contribution in [3.63, 3.8) is 0 Å². The fourth-order valence-corrected chi connectivity index (χ4v) is 2.48. The van der Waals surface area contributed by atoms with Gasteiger partial charge in [-0.05, 0) is 38.5 Å². The quantitative estimate of drug-likeness (QED) is 0.329. The van der Waals surface area contributed by atoms with Gasteiger partial charge in [0.2, 0.25) is 0 Å². The third-order valence-corrected chi connectivity index (χ3v) is 3.89. The van der Waals surface area contributed by atoms with Gasteiger partial charge in [0.15, 0.2) is 5.96 Å². The summed E-state index contributed by atoms with van der Waals surface area (Å²) in [5.41, 5.74) is 0. The Balaban J connectivity index is 2.25. The van der Waals surface area contributed by atoms with E-state index in [-0.39, 0.29) is 0 Å². The number of rotatable bonds is 12. The number of hydrogen-bond donors (Lipinski definition) is 2. The molecule has 0 spiro atoms. The van der Waals surface area contributed by atoms with Gasteiger partial charge in [-0.25, -0.2) is 0 Å². The normalized spacial score (nSPS) is 15.6. The van der Waals surface area contributed by atoms with Gasteiger partial charge in [0, 0.05) is 45.9 Å². The first-order valence-electron chi connectivity index (χ1n) is 8.92. The fraction of sp³-hybridized carbons (Fsp3) is 0.941. The lowest BCUT2D eigenvalue weighted by Gasteiger charge is -2.22. The molecule has 1 rings (SSSR count). The van der Waals surface area contributed by atoms with E-state index in [0.29, 0.717) is 0 Å². The minimum atomic E-state index is 0.763. The summed E-state index contributed by atoms with van der Waals surface area (Å²) in [4.78, 5) is 7.18. The number of hydrogen-bond acceptors (Lipinski definition) is 3. The molecule has 0 aromatic carbocycles. The molecule has 0 aliphatic heterocycles. The van der Waals surface area contributed by atoms with Crippen LogP contribution in [0.25, 0.3) is 0 Å². The number of ether oxygens (including phenoxy) is 1. The van der Waals surface area contributed by atoms with Crippen LogP contribution in [0.2, 0.25) is 0 Å². The van der Waals surface area contributed by atoms with Gasteiger partial charge in [0.05, 0.1) is 6.61 Å². The summed E-state index contributed by atoms with van der Waals surface area (Å²) in [5, 5.41) is 6.78. The van der Waals surface area contributed by atoms with Gasteiger partial charge < -0.3 is 15.4 Å². The van der Waals surface area contributed by atoms with Crippen LogP contribution >= 0.6 is 0 Å². The molecule has 0 amide bonds. The van der Waals surface area contributed by atoms with Gasteiger partial charge in [-0.3, -0.25) is 9.89 Å². The standard InChI is InChI=1S/C17H36N4O/c1-5-18-17(19-10-6-7-15(2)3)20-11-12-21(13-14-22-4)16-8-9-16/h15-16H,5-14H2,1-4H3,(H2,18,19,20). The highest BCUT2D eigenvalue weighted by Gasteiger charge is 2.28. The minimum absolute atomic E-state index is 0.763. The second-order valence-electron chi connectivity index (χ2n) is 6.48. The van der Waals surface area contributed by atoms with Gasteiger partial charge >= 0.3 is 0 Å². The number of aliphatic imine (C=N–C) groups is 1. The molecule has 5 heteroatoms. The molecule has 0 unspecified atom stereocenters. The molecule has 0 aromatic heterocycles. The van der Waals surface area contributed by atoms with Crippen LogP contribution in [-0.2, 0) is 4.74 Å². The SMILES string of the molecule is CCNC(=NCCCC(C)C)NCCN(CCOC)C1CC1. The topological polar surface area (TPSA) is 48.9 Å². The Labute approximate surface area is 136 Å². The lowest BCUT2D eigenvalue weighted by molar-refractivity contribution is 0.144. The van der Waals surface area contributed by atoms with Crippen LogP contribution in [0.3, 0.4) is 0 Å². The lowest BCUT2D eigenvalue weighted by Crippen LogP contribution is -2.42. The van der Waals surface area contributed by atoms with Crippen molar-refractivity contribution < 1.29 is 4.74 Å². The first-order chi connectivity index (χ1) is 10.7. The third-order valence-electron chi connectivity index (χ3n) is 3.89. The molecule has 2 N–H and O–H groups in total. The summed E-state index contributed by atoms with van der Waals surface area (Å²) in [6.07, 6.45) is 5.09. The molecule has 0 radical (unpaired) electrons. The molecule has 0 bridgehead atoms. The van der Waals surface area contributed by atoms with E-state index in [0.717, 1.165) is 63.7 Å². The van der Waals surface area contributed by atoms with Gasteiger partial charge in [0.25, 0.3) is 0 Å². The maximum absolute atomic E-state index is 5.20. The summed E-state index contributed by atoms with van der Waals surface area (Å²) in [7, 11) is 1.77. The second-order valence-corrected chi connectivity index (χ2v) is 6.48. The summed E-state index contributed by atoms with van der Waals surface area (Å²) in [6, 6.07) is 0.780. The van der Waals surface area contributed by atoms with Crippen LogP contribution in [0.4, 0.5) is 0 Å². The summed E-state index contributed by atoms with van der Waals surface area (Å²) in [5.74, 6) is 1.72. The maximum Gasteiger partial charge on any atom is 0.191 e. The van der Waals surface area contributed by atoms with Crippen molar-refractivity contribution in [2.75, 3.05) is 46.4 Å². The van der Waals surface area contributed by atoms with Crippen LogP contribution < -0.4 is 10.6 Å².